The van der Waals surface area contributed by atoms with Crippen LogP contribution in [0.3, 0.4) is 0 Å². The van der Waals surface area contributed by atoms with Crippen LogP contribution in [0.15, 0.2) is 22.8 Å². The van der Waals surface area contributed by atoms with Crippen LogP contribution >= 0.6 is 0 Å². The Morgan fingerprint density at radius 3 is 2.75 bits per heavy atom. The van der Waals surface area contributed by atoms with Crippen LogP contribution in [-0.4, -0.2) is 18.8 Å². The van der Waals surface area contributed by atoms with Crippen molar-refractivity contribution in [2.45, 2.75) is 18.9 Å². The van der Waals surface area contributed by atoms with Crippen molar-refractivity contribution >= 4 is 0 Å². The van der Waals surface area contributed by atoms with Crippen molar-refractivity contribution in [3.05, 3.63) is 24.2 Å². The fourth-order valence-electron chi connectivity index (χ4n) is 1.29. The van der Waals surface area contributed by atoms with E-state index in [4.69, 9.17) is 4.42 Å². The molecule has 3 heteroatoms. The molecule has 0 aliphatic rings. The molecule has 0 saturated carbocycles. The minimum atomic E-state index is -0.413. The zero-order chi connectivity index (χ0) is 9.03. The molecular weight excluding hydrogens is 154 g/mol. The Morgan fingerprint density at radius 1 is 1.67 bits per heavy atom. The molecular formula is C9H15NO2. The molecule has 3 nitrogen and oxygen atoms in total. The average Bonchev–Trinajstić information content (AvgIpc) is 2.62. The highest BCUT2D eigenvalue weighted by molar-refractivity contribution is 5.12. The zero-order valence-electron chi connectivity index (χ0n) is 7.50. The molecule has 0 fully saturated rings. The highest BCUT2D eigenvalue weighted by Crippen LogP contribution is 2.23. The quantitative estimate of drug-likeness (QED) is 0.709. The molecule has 2 N–H and O–H groups in total. The molecule has 0 aliphatic heterocycles. The van der Waals surface area contributed by atoms with E-state index in [1.165, 1.54) is 0 Å². The summed E-state index contributed by atoms with van der Waals surface area (Å²) < 4.78 is 5.25. The highest BCUT2D eigenvalue weighted by atomic mass is 16.3. The summed E-state index contributed by atoms with van der Waals surface area (Å²) in [6.45, 7) is 2.06. The monoisotopic (exact) mass is 169 g/mol. The first-order valence-electron chi connectivity index (χ1n) is 4.13. The van der Waals surface area contributed by atoms with E-state index in [2.05, 4.69) is 5.32 Å². The lowest BCUT2D eigenvalue weighted by atomic mass is 9.94. The summed E-state index contributed by atoms with van der Waals surface area (Å²) in [5, 5.41) is 12.3. The summed E-state index contributed by atoms with van der Waals surface area (Å²) >= 11 is 0. The molecule has 1 unspecified atom stereocenters. The molecule has 1 atom stereocenters. The molecule has 0 aromatic carbocycles. The van der Waals surface area contributed by atoms with Crippen LogP contribution in [-0.2, 0) is 5.54 Å². The zero-order valence-corrected chi connectivity index (χ0v) is 7.50. The Bertz CT molecular complexity index is 206. The van der Waals surface area contributed by atoms with Gasteiger partial charge in [-0.15, -0.1) is 0 Å². The third-order valence-corrected chi connectivity index (χ3v) is 2.34. The van der Waals surface area contributed by atoms with E-state index in [0.29, 0.717) is 0 Å². The van der Waals surface area contributed by atoms with Gasteiger partial charge in [-0.3, -0.25) is 0 Å². The van der Waals surface area contributed by atoms with Crippen molar-refractivity contribution in [3.63, 3.8) is 0 Å². The third kappa shape index (κ3) is 1.38. The molecule has 1 aromatic rings. The van der Waals surface area contributed by atoms with E-state index in [1.54, 1.807) is 6.26 Å². The van der Waals surface area contributed by atoms with E-state index < -0.39 is 5.54 Å². The standard InChI is InChI=1S/C9H15NO2/c1-3-9(7-11,10-2)8-5-4-6-12-8/h4-6,10-11H,3,7H2,1-2H3. The Balaban J connectivity index is 2.93. The first-order chi connectivity index (χ1) is 5.79. The van der Waals surface area contributed by atoms with E-state index in [1.807, 2.05) is 26.1 Å². The van der Waals surface area contributed by atoms with Gasteiger partial charge in [0.15, 0.2) is 0 Å². The number of aliphatic hydroxyl groups is 1. The van der Waals surface area contributed by atoms with Gasteiger partial charge in [-0.2, -0.15) is 0 Å². The molecule has 0 radical (unpaired) electrons. The van der Waals surface area contributed by atoms with Crippen LogP contribution in [0.5, 0.6) is 0 Å². The van der Waals surface area contributed by atoms with Crippen molar-refractivity contribution in [2.24, 2.45) is 0 Å². The van der Waals surface area contributed by atoms with Crippen LogP contribution in [0.2, 0.25) is 0 Å². The molecule has 0 aliphatic carbocycles. The molecule has 0 amide bonds. The molecule has 12 heavy (non-hydrogen) atoms. The Morgan fingerprint density at radius 2 is 2.42 bits per heavy atom. The van der Waals surface area contributed by atoms with Crippen LogP contribution in [0.25, 0.3) is 0 Å². The molecule has 0 saturated heterocycles. The van der Waals surface area contributed by atoms with Gasteiger partial charge in [-0.05, 0) is 25.6 Å². The van der Waals surface area contributed by atoms with Crippen LogP contribution < -0.4 is 5.32 Å². The third-order valence-electron chi connectivity index (χ3n) is 2.34. The first-order valence-corrected chi connectivity index (χ1v) is 4.13. The van der Waals surface area contributed by atoms with E-state index >= 15 is 0 Å². The lowest BCUT2D eigenvalue weighted by Crippen LogP contribution is -2.42. The second kappa shape index (κ2) is 3.74. The second-order valence-corrected chi connectivity index (χ2v) is 2.82. The maximum Gasteiger partial charge on any atom is 0.126 e. The maximum absolute atomic E-state index is 9.23. The van der Waals surface area contributed by atoms with Gasteiger partial charge in [0.05, 0.1) is 18.4 Å². The lowest BCUT2D eigenvalue weighted by molar-refractivity contribution is 0.141. The van der Waals surface area contributed by atoms with Crippen LogP contribution in [0.1, 0.15) is 19.1 Å². The smallest absolute Gasteiger partial charge is 0.126 e. The highest BCUT2D eigenvalue weighted by Gasteiger charge is 2.30. The van der Waals surface area contributed by atoms with Crippen LogP contribution in [0, 0.1) is 0 Å². The Labute approximate surface area is 72.4 Å². The van der Waals surface area contributed by atoms with E-state index in [-0.39, 0.29) is 6.61 Å². The number of furan rings is 1. The summed E-state index contributed by atoms with van der Waals surface area (Å²) in [6.07, 6.45) is 2.42. The van der Waals surface area contributed by atoms with Crippen molar-refractivity contribution in [2.75, 3.05) is 13.7 Å². The van der Waals surface area contributed by atoms with Gasteiger partial charge in [0.1, 0.15) is 5.76 Å². The number of rotatable bonds is 4. The van der Waals surface area contributed by atoms with Gasteiger partial charge in [-0.1, -0.05) is 6.92 Å². The number of nitrogens with one attached hydrogen (secondary N) is 1. The van der Waals surface area contributed by atoms with E-state index in [0.717, 1.165) is 12.2 Å². The predicted molar refractivity (Wildman–Crippen MR) is 46.8 cm³/mol. The van der Waals surface area contributed by atoms with Gasteiger partial charge in [-0.25, -0.2) is 0 Å². The number of likely N-dealkylation sites (N-methyl/N-ethyl adjacent to an activating group) is 1. The van der Waals surface area contributed by atoms with Crippen molar-refractivity contribution in [3.8, 4) is 0 Å². The Kier molecular flexibility index (Phi) is 2.89. The summed E-state index contributed by atoms with van der Waals surface area (Å²) in [5.74, 6) is 0.787. The maximum atomic E-state index is 9.23. The normalized spacial score (nSPS) is 15.9. The first kappa shape index (κ1) is 9.29. The molecule has 0 spiro atoms. The second-order valence-electron chi connectivity index (χ2n) is 2.82. The predicted octanol–water partition coefficient (Wildman–Crippen LogP) is 1.10. The summed E-state index contributed by atoms with van der Waals surface area (Å²) in [5.41, 5.74) is -0.413. The van der Waals surface area contributed by atoms with Crippen molar-refractivity contribution < 1.29 is 9.52 Å². The fraction of sp³-hybridized carbons (Fsp3) is 0.556. The lowest BCUT2D eigenvalue weighted by Gasteiger charge is -2.27. The molecule has 1 heterocycles. The minimum absolute atomic E-state index is 0.0491. The molecule has 0 bridgehead atoms. The summed E-state index contributed by atoms with van der Waals surface area (Å²) in [6, 6.07) is 3.70. The van der Waals surface area contributed by atoms with Crippen molar-refractivity contribution in [1.82, 2.24) is 5.32 Å². The molecule has 68 valence electrons. The average molecular weight is 169 g/mol. The largest absolute Gasteiger partial charge is 0.467 e. The van der Waals surface area contributed by atoms with Gasteiger partial charge in [0.25, 0.3) is 0 Å². The topological polar surface area (TPSA) is 45.4 Å². The van der Waals surface area contributed by atoms with Crippen LogP contribution in [0.4, 0.5) is 0 Å². The van der Waals surface area contributed by atoms with Gasteiger partial charge in [0.2, 0.25) is 0 Å². The van der Waals surface area contributed by atoms with Gasteiger partial charge in [0, 0.05) is 0 Å². The minimum Gasteiger partial charge on any atom is -0.467 e. The number of hydrogen-bond acceptors (Lipinski definition) is 3. The summed E-state index contributed by atoms with van der Waals surface area (Å²) in [7, 11) is 1.82. The molecule has 1 aromatic heterocycles. The molecule has 1 rings (SSSR count). The fourth-order valence-corrected chi connectivity index (χ4v) is 1.29. The number of hydrogen-bond donors (Lipinski definition) is 2. The van der Waals surface area contributed by atoms with Gasteiger partial charge >= 0.3 is 0 Å². The SMILES string of the molecule is CCC(CO)(NC)c1ccco1. The van der Waals surface area contributed by atoms with Gasteiger partial charge < -0.3 is 14.8 Å². The van der Waals surface area contributed by atoms with Crippen molar-refractivity contribution in [1.29, 1.82) is 0 Å². The van der Waals surface area contributed by atoms with E-state index in [9.17, 15) is 5.11 Å². The Hall–Kier alpha value is -0.800. The number of aliphatic hydroxyl groups excluding tert-OH is 1. The summed E-state index contributed by atoms with van der Waals surface area (Å²) in [4.78, 5) is 0.